The molecule has 0 saturated carbocycles. The zero-order valence-corrected chi connectivity index (χ0v) is 18.8. The number of fused-ring (bicyclic) bond motifs is 1. The van der Waals surface area contributed by atoms with E-state index in [2.05, 4.69) is 15.6 Å². The summed E-state index contributed by atoms with van der Waals surface area (Å²) in [5, 5.41) is 6.57. The van der Waals surface area contributed by atoms with Crippen LogP contribution in [0.5, 0.6) is 5.75 Å². The van der Waals surface area contributed by atoms with E-state index >= 15 is 0 Å². The van der Waals surface area contributed by atoms with E-state index in [1.807, 2.05) is 67.2 Å². The number of hydrogen-bond donors (Lipinski definition) is 2. The van der Waals surface area contributed by atoms with Crippen molar-refractivity contribution in [3.63, 3.8) is 0 Å². The lowest BCUT2D eigenvalue weighted by molar-refractivity contribution is -0.118. The molecular formula is C24H24N4O3S. The van der Waals surface area contributed by atoms with Crippen molar-refractivity contribution in [1.82, 2.24) is 14.9 Å². The summed E-state index contributed by atoms with van der Waals surface area (Å²) in [5.41, 5.74) is 1.86. The zero-order chi connectivity index (χ0) is 22.7. The lowest BCUT2D eigenvalue weighted by Gasteiger charge is -2.22. The van der Waals surface area contributed by atoms with Crippen LogP contribution < -0.4 is 15.4 Å². The van der Waals surface area contributed by atoms with Crippen molar-refractivity contribution >= 4 is 39.1 Å². The molecule has 4 aromatic rings. The second-order valence-corrected chi connectivity index (χ2v) is 8.66. The Balaban J connectivity index is 1.52. The highest BCUT2D eigenvalue weighted by atomic mass is 32.1. The maximum Gasteiger partial charge on any atom is 0.251 e. The number of aromatic nitrogens is 2. The molecule has 0 aliphatic heterocycles. The van der Waals surface area contributed by atoms with E-state index in [4.69, 9.17) is 4.74 Å². The standard InChI is InChI=1S/C24H24N4O3S/c1-15(2)21(23(30)25-17-8-4-5-9-19(17)31-3)27-22(29)16-10-11-18-20(14-16)32-24(26-18)28-12-6-7-13-28/h4-15,21H,1-3H3,(H,25,30)(H,27,29). The summed E-state index contributed by atoms with van der Waals surface area (Å²) in [4.78, 5) is 30.5. The quantitative estimate of drug-likeness (QED) is 0.436. The van der Waals surface area contributed by atoms with Crippen LogP contribution in [-0.4, -0.2) is 34.5 Å². The smallest absolute Gasteiger partial charge is 0.251 e. The fraction of sp³-hybridized carbons (Fsp3) is 0.208. The van der Waals surface area contributed by atoms with Crippen LogP contribution in [0.4, 0.5) is 5.69 Å². The number of carbonyl (C=O) groups excluding carboxylic acids is 2. The van der Waals surface area contributed by atoms with Gasteiger partial charge in [-0.15, -0.1) is 0 Å². The lowest BCUT2D eigenvalue weighted by Crippen LogP contribution is -2.47. The number of rotatable bonds is 7. The largest absolute Gasteiger partial charge is 0.495 e. The number of amides is 2. The summed E-state index contributed by atoms with van der Waals surface area (Å²) in [6.45, 7) is 3.78. The van der Waals surface area contributed by atoms with E-state index < -0.39 is 6.04 Å². The van der Waals surface area contributed by atoms with Crippen molar-refractivity contribution in [1.29, 1.82) is 0 Å². The fourth-order valence-corrected chi connectivity index (χ4v) is 4.32. The number of methoxy groups -OCH3 is 1. The molecule has 1 atom stereocenters. The second-order valence-electron chi connectivity index (χ2n) is 7.65. The lowest BCUT2D eigenvalue weighted by atomic mass is 10.0. The van der Waals surface area contributed by atoms with Crippen LogP contribution in [0, 0.1) is 5.92 Å². The molecule has 1 unspecified atom stereocenters. The molecule has 7 nitrogen and oxygen atoms in total. The average molecular weight is 449 g/mol. The van der Waals surface area contributed by atoms with Gasteiger partial charge in [-0.1, -0.05) is 37.3 Å². The van der Waals surface area contributed by atoms with Crippen LogP contribution in [0.1, 0.15) is 24.2 Å². The summed E-state index contributed by atoms with van der Waals surface area (Å²) in [5.74, 6) is -0.159. The Bertz CT molecular complexity index is 1250. The van der Waals surface area contributed by atoms with E-state index in [9.17, 15) is 9.59 Å². The molecule has 4 rings (SSSR count). The number of ether oxygens (including phenoxy) is 1. The van der Waals surface area contributed by atoms with Gasteiger partial charge in [0.05, 0.1) is 23.0 Å². The Morgan fingerprint density at radius 1 is 1.06 bits per heavy atom. The fourth-order valence-electron chi connectivity index (χ4n) is 3.34. The molecule has 0 aliphatic rings. The maximum atomic E-state index is 13.0. The number of carbonyl (C=O) groups is 2. The Morgan fingerprint density at radius 3 is 2.53 bits per heavy atom. The summed E-state index contributed by atoms with van der Waals surface area (Å²) in [7, 11) is 1.55. The zero-order valence-electron chi connectivity index (χ0n) is 18.0. The summed E-state index contributed by atoms with van der Waals surface area (Å²) >= 11 is 1.50. The van der Waals surface area contributed by atoms with Gasteiger partial charge in [0.2, 0.25) is 5.91 Å². The first-order valence-corrected chi connectivity index (χ1v) is 11.1. The molecule has 2 aromatic heterocycles. The highest BCUT2D eigenvalue weighted by molar-refractivity contribution is 7.20. The van der Waals surface area contributed by atoms with Crippen LogP contribution in [-0.2, 0) is 4.79 Å². The molecule has 2 amide bonds. The Morgan fingerprint density at radius 2 is 1.81 bits per heavy atom. The van der Waals surface area contributed by atoms with Gasteiger partial charge >= 0.3 is 0 Å². The van der Waals surface area contributed by atoms with Crippen molar-refractivity contribution in [2.75, 3.05) is 12.4 Å². The third kappa shape index (κ3) is 4.50. The Labute approximate surface area is 190 Å². The highest BCUT2D eigenvalue weighted by Crippen LogP contribution is 2.26. The topological polar surface area (TPSA) is 85.2 Å². The molecule has 2 heterocycles. The van der Waals surface area contributed by atoms with Gasteiger partial charge in [0.1, 0.15) is 11.8 Å². The minimum atomic E-state index is -0.708. The van der Waals surface area contributed by atoms with Gasteiger partial charge in [0.25, 0.3) is 5.91 Å². The van der Waals surface area contributed by atoms with Gasteiger partial charge in [-0.25, -0.2) is 4.98 Å². The molecule has 8 heteroatoms. The molecule has 0 aliphatic carbocycles. The van der Waals surface area contributed by atoms with Crippen molar-refractivity contribution in [2.45, 2.75) is 19.9 Å². The SMILES string of the molecule is COc1ccccc1NC(=O)C(NC(=O)c1ccc2nc(-n3cccc3)sc2c1)C(C)C. The third-order valence-electron chi connectivity index (χ3n) is 5.07. The van der Waals surface area contributed by atoms with E-state index in [1.165, 1.54) is 11.3 Å². The molecule has 2 N–H and O–H groups in total. The van der Waals surface area contributed by atoms with Crippen molar-refractivity contribution < 1.29 is 14.3 Å². The Hall–Kier alpha value is -3.65. The molecule has 0 saturated heterocycles. The second kappa shape index (κ2) is 9.23. The van der Waals surface area contributed by atoms with Gasteiger partial charge in [-0.3, -0.25) is 9.59 Å². The van der Waals surface area contributed by atoms with E-state index in [-0.39, 0.29) is 17.7 Å². The number of nitrogens with zero attached hydrogens (tertiary/aromatic N) is 2. The number of hydrogen-bond acceptors (Lipinski definition) is 5. The van der Waals surface area contributed by atoms with E-state index in [0.717, 1.165) is 15.3 Å². The Kier molecular flexibility index (Phi) is 6.23. The van der Waals surface area contributed by atoms with Gasteiger partial charge < -0.3 is 19.9 Å². The highest BCUT2D eigenvalue weighted by Gasteiger charge is 2.25. The van der Waals surface area contributed by atoms with Crippen molar-refractivity contribution in [2.24, 2.45) is 5.92 Å². The molecule has 0 spiro atoms. The first kappa shape index (κ1) is 21.6. The minimum Gasteiger partial charge on any atom is -0.495 e. The average Bonchev–Trinajstić information content (AvgIpc) is 3.46. The predicted molar refractivity (Wildman–Crippen MR) is 127 cm³/mol. The molecule has 164 valence electrons. The number of anilines is 1. The van der Waals surface area contributed by atoms with E-state index in [0.29, 0.717) is 17.0 Å². The predicted octanol–water partition coefficient (Wildman–Crippen LogP) is 4.49. The van der Waals surface area contributed by atoms with Crippen LogP contribution >= 0.6 is 11.3 Å². The van der Waals surface area contributed by atoms with Crippen LogP contribution in [0.15, 0.2) is 67.0 Å². The van der Waals surface area contributed by atoms with Crippen molar-refractivity contribution in [3.8, 4) is 10.9 Å². The monoisotopic (exact) mass is 448 g/mol. The molecule has 0 radical (unpaired) electrons. The van der Waals surface area contributed by atoms with Gasteiger partial charge in [0, 0.05) is 18.0 Å². The summed E-state index contributed by atoms with van der Waals surface area (Å²) in [6, 6.07) is 15.7. The summed E-state index contributed by atoms with van der Waals surface area (Å²) in [6.07, 6.45) is 3.86. The maximum absolute atomic E-state index is 13.0. The van der Waals surface area contributed by atoms with E-state index in [1.54, 1.807) is 25.3 Å². The molecular weight excluding hydrogens is 424 g/mol. The summed E-state index contributed by atoms with van der Waals surface area (Å²) < 4.78 is 8.13. The number of para-hydroxylation sites is 2. The van der Waals surface area contributed by atoms with Gasteiger partial charge in [0.15, 0.2) is 5.13 Å². The number of thiazole rings is 1. The van der Waals surface area contributed by atoms with Crippen LogP contribution in [0.2, 0.25) is 0 Å². The van der Waals surface area contributed by atoms with Crippen LogP contribution in [0.25, 0.3) is 15.3 Å². The first-order valence-electron chi connectivity index (χ1n) is 10.2. The molecule has 2 aromatic carbocycles. The molecule has 0 bridgehead atoms. The molecule has 0 fully saturated rings. The molecule has 32 heavy (non-hydrogen) atoms. The normalized spacial score (nSPS) is 12.0. The van der Waals surface area contributed by atoms with Crippen LogP contribution in [0.3, 0.4) is 0 Å². The number of nitrogens with one attached hydrogen (secondary N) is 2. The first-order chi connectivity index (χ1) is 15.5. The minimum absolute atomic E-state index is 0.110. The van der Waals surface area contributed by atoms with Crippen molar-refractivity contribution in [3.05, 3.63) is 72.6 Å². The van der Waals surface area contributed by atoms with Gasteiger partial charge in [-0.2, -0.15) is 0 Å². The third-order valence-corrected chi connectivity index (χ3v) is 6.10. The number of benzene rings is 2. The van der Waals surface area contributed by atoms with Gasteiger partial charge in [-0.05, 0) is 48.4 Å².